The Labute approximate surface area is 108 Å². The third kappa shape index (κ3) is 3.78. The van der Waals surface area contributed by atoms with Crippen LogP contribution in [0.1, 0.15) is 34.1 Å². The molecule has 0 saturated heterocycles. The topological polar surface area (TPSA) is 26.3 Å². The van der Waals surface area contributed by atoms with E-state index in [-0.39, 0.29) is 16.3 Å². The molecule has 2 nitrogen and oxygen atoms in total. The molecule has 0 aromatic heterocycles. The van der Waals surface area contributed by atoms with Crippen molar-refractivity contribution in [2.24, 2.45) is 5.41 Å². The highest BCUT2D eigenvalue weighted by Gasteiger charge is 2.34. The van der Waals surface area contributed by atoms with Crippen molar-refractivity contribution in [3.63, 3.8) is 0 Å². The molecule has 3 heteroatoms. The van der Waals surface area contributed by atoms with Gasteiger partial charge in [-0.15, -0.1) is 0 Å². The van der Waals surface area contributed by atoms with E-state index in [4.69, 9.17) is 4.74 Å². The first-order valence-electron chi connectivity index (χ1n) is 6.06. The van der Waals surface area contributed by atoms with Crippen LogP contribution in [-0.2, 0) is 15.5 Å². The standard InChI is InChI=1S/C14H24O2S/c1-13(2,3)17(15)11-12(16-5)14(4)9-7-6-8-10-14/h7-10,12H,6,11H2,1-5H3/t12-,17?/m0/s1. The Bertz CT molecular complexity index is 325. The first kappa shape index (κ1) is 14.7. The summed E-state index contributed by atoms with van der Waals surface area (Å²) >= 11 is 0. The molecule has 0 aliphatic heterocycles. The van der Waals surface area contributed by atoms with Crippen molar-refractivity contribution in [2.75, 3.05) is 12.9 Å². The molecular weight excluding hydrogens is 232 g/mol. The predicted octanol–water partition coefficient (Wildman–Crippen LogP) is 3.07. The van der Waals surface area contributed by atoms with Crippen LogP contribution in [0.2, 0.25) is 0 Å². The van der Waals surface area contributed by atoms with Crippen LogP contribution in [-0.4, -0.2) is 27.9 Å². The average Bonchev–Trinajstić information content (AvgIpc) is 2.24. The van der Waals surface area contributed by atoms with Gasteiger partial charge in [-0.2, -0.15) is 0 Å². The molecule has 0 aromatic rings. The fourth-order valence-corrected chi connectivity index (χ4v) is 3.15. The zero-order valence-electron chi connectivity index (χ0n) is 11.5. The molecule has 0 bridgehead atoms. The van der Waals surface area contributed by atoms with Gasteiger partial charge in [-0.05, 0) is 27.2 Å². The maximum atomic E-state index is 12.2. The van der Waals surface area contributed by atoms with Gasteiger partial charge in [0.2, 0.25) is 0 Å². The molecule has 1 aliphatic carbocycles. The Balaban J connectivity index is 2.79. The van der Waals surface area contributed by atoms with Crippen LogP contribution >= 0.6 is 0 Å². The Hall–Kier alpha value is -0.410. The van der Waals surface area contributed by atoms with Crippen molar-refractivity contribution in [3.05, 3.63) is 24.3 Å². The van der Waals surface area contributed by atoms with E-state index in [0.717, 1.165) is 6.42 Å². The molecule has 0 radical (unpaired) electrons. The zero-order valence-corrected chi connectivity index (χ0v) is 12.3. The lowest BCUT2D eigenvalue weighted by molar-refractivity contribution is 0.0619. The monoisotopic (exact) mass is 256 g/mol. The first-order valence-corrected chi connectivity index (χ1v) is 7.38. The maximum Gasteiger partial charge on any atom is 0.0809 e. The lowest BCUT2D eigenvalue weighted by Gasteiger charge is -2.34. The normalized spacial score (nSPS) is 22.4. The Morgan fingerprint density at radius 3 is 2.29 bits per heavy atom. The summed E-state index contributed by atoms with van der Waals surface area (Å²) in [5.74, 6) is 0.575. The molecule has 0 N–H and O–H groups in total. The minimum Gasteiger partial charge on any atom is -0.379 e. The number of hydrogen-bond acceptors (Lipinski definition) is 2. The minimum atomic E-state index is -0.888. The highest BCUT2D eigenvalue weighted by molar-refractivity contribution is 7.86. The summed E-state index contributed by atoms with van der Waals surface area (Å²) in [6.45, 7) is 8.15. The van der Waals surface area contributed by atoms with Gasteiger partial charge in [-0.1, -0.05) is 31.2 Å². The van der Waals surface area contributed by atoms with Crippen molar-refractivity contribution in [2.45, 2.75) is 45.0 Å². The van der Waals surface area contributed by atoms with Crippen LogP contribution in [0, 0.1) is 5.41 Å². The van der Waals surface area contributed by atoms with Gasteiger partial charge in [0, 0.05) is 28.1 Å². The summed E-state index contributed by atoms with van der Waals surface area (Å²) in [5, 5.41) is 0. The predicted molar refractivity (Wildman–Crippen MR) is 74.6 cm³/mol. The molecule has 0 amide bonds. The third-order valence-electron chi connectivity index (χ3n) is 3.19. The smallest absolute Gasteiger partial charge is 0.0809 e. The summed E-state index contributed by atoms with van der Waals surface area (Å²) in [6, 6.07) is 0. The van der Waals surface area contributed by atoms with Gasteiger partial charge >= 0.3 is 0 Å². The second-order valence-electron chi connectivity index (χ2n) is 5.76. The summed E-state index contributed by atoms with van der Waals surface area (Å²) < 4.78 is 17.6. The van der Waals surface area contributed by atoms with Gasteiger partial charge in [-0.3, -0.25) is 4.21 Å². The molecule has 1 aliphatic rings. The highest BCUT2D eigenvalue weighted by Crippen LogP contribution is 2.32. The maximum absolute atomic E-state index is 12.2. The number of rotatable bonds is 4. The van der Waals surface area contributed by atoms with E-state index in [9.17, 15) is 4.21 Å². The van der Waals surface area contributed by atoms with Gasteiger partial charge in [0.25, 0.3) is 0 Å². The van der Waals surface area contributed by atoms with Crippen LogP contribution in [0.3, 0.4) is 0 Å². The van der Waals surface area contributed by atoms with Crippen LogP contribution < -0.4 is 0 Å². The quantitative estimate of drug-likeness (QED) is 0.723. The molecule has 0 heterocycles. The Morgan fingerprint density at radius 1 is 1.35 bits per heavy atom. The van der Waals surface area contributed by atoms with E-state index in [1.165, 1.54) is 0 Å². The van der Waals surface area contributed by atoms with Gasteiger partial charge < -0.3 is 4.74 Å². The van der Waals surface area contributed by atoms with E-state index < -0.39 is 10.8 Å². The molecule has 0 spiro atoms. The van der Waals surface area contributed by atoms with Gasteiger partial charge in [-0.25, -0.2) is 0 Å². The van der Waals surface area contributed by atoms with Crippen molar-refractivity contribution in [3.8, 4) is 0 Å². The molecular formula is C14H24O2S. The van der Waals surface area contributed by atoms with Crippen LogP contribution in [0.5, 0.6) is 0 Å². The second-order valence-corrected chi connectivity index (χ2v) is 8.00. The average molecular weight is 256 g/mol. The zero-order chi connectivity index (χ0) is 13.1. The molecule has 1 unspecified atom stereocenters. The van der Waals surface area contributed by atoms with Crippen LogP contribution in [0.25, 0.3) is 0 Å². The van der Waals surface area contributed by atoms with E-state index >= 15 is 0 Å². The SMILES string of the molecule is CO[C@@H](CS(=O)C(C)(C)C)C1(C)C=CCC=C1. The van der Waals surface area contributed by atoms with Crippen molar-refractivity contribution < 1.29 is 8.95 Å². The fraction of sp³-hybridized carbons (Fsp3) is 0.714. The summed E-state index contributed by atoms with van der Waals surface area (Å²) in [6.07, 6.45) is 9.57. The molecule has 98 valence electrons. The van der Waals surface area contributed by atoms with Gasteiger partial charge in [0.1, 0.15) is 0 Å². The molecule has 0 aromatic carbocycles. The lowest BCUT2D eigenvalue weighted by atomic mass is 9.81. The van der Waals surface area contributed by atoms with Crippen molar-refractivity contribution in [1.82, 2.24) is 0 Å². The molecule has 17 heavy (non-hydrogen) atoms. The fourth-order valence-electron chi connectivity index (χ4n) is 1.88. The molecule has 0 fully saturated rings. The summed E-state index contributed by atoms with van der Waals surface area (Å²) in [7, 11) is 0.813. The number of ether oxygens (including phenoxy) is 1. The third-order valence-corrected chi connectivity index (χ3v) is 5.16. The molecule has 0 saturated carbocycles. The summed E-state index contributed by atoms with van der Waals surface area (Å²) in [5.41, 5.74) is -0.131. The van der Waals surface area contributed by atoms with Gasteiger partial charge in [0.15, 0.2) is 0 Å². The lowest BCUT2D eigenvalue weighted by Crippen LogP contribution is -2.39. The highest BCUT2D eigenvalue weighted by atomic mass is 32.2. The first-order chi connectivity index (χ1) is 7.79. The summed E-state index contributed by atoms with van der Waals surface area (Å²) in [4.78, 5) is 0. The van der Waals surface area contributed by atoms with E-state index in [2.05, 4.69) is 31.2 Å². The van der Waals surface area contributed by atoms with Crippen molar-refractivity contribution in [1.29, 1.82) is 0 Å². The molecule has 2 atom stereocenters. The Morgan fingerprint density at radius 2 is 1.88 bits per heavy atom. The largest absolute Gasteiger partial charge is 0.379 e. The van der Waals surface area contributed by atoms with E-state index in [1.54, 1.807) is 7.11 Å². The van der Waals surface area contributed by atoms with E-state index in [1.807, 2.05) is 20.8 Å². The van der Waals surface area contributed by atoms with Gasteiger partial charge in [0.05, 0.1) is 11.9 Å². The molecule has 1 rings (SSSR count). The van der Waals surface area contributed by atoms with Crippen LogP contribution in [0.4, 0.5) is 0 Å². The second kappa shape index (κ2) is 5.49. The number of hydrogen-bond donors (Lipinski definition) is 0. The Kier molecular flexibility index (Phi) is 4.73. The van der Waals surface area contributed by atoms with E-state index in [0.29, 0.717) is 5.75 Å². The number of allylic oxidation sites excluding steroid dienone is 2. The minimum absolute atomic E-state index is 0.0321. The van der Waals surface area contributed by atoms with Crippen molar-refractivity contribution >= 4 is 10.8 Å². The number of methoxy groups -OCH3 is 1. The van der Waals surface area contributed by atoms with Crippen LogP contribution in [0.15, 0.2) is 24.3 Å².